The molecule has 1 saturated heterocycles. The van der Waals surface area contributed by atoms with E-state index in [2.05, 4.69) is 31.1 Å². The smallest absolute Gasteiger partial charge is 0.0190 e. The fourth-order valence-electron chi connectivity index (χ4n) is 4.00. The van der Waals surface area contributed by atoms with Crippen molar-refractivity contribution in [3.63, 3.8) is 0 Å². The summed E-state index contributed by atoms with van der Waals surface area (Å²) in [5.41, 5.74) is 0.459. The minimum Gasteiger partial charge on any atom is -0.314 e. The number of hydrogen-bond acceptors (Lipinski definition) is 2. The van der Waals surface area contributed by atoms with E-state index in [1.807, 2.05) is 0 Å². The number of rotatable bonds is 4. The Hall–Kier alpha value is -0.0800. The van der Waals surface area contributed by atoms with Crippen molar-refractivity contribution in [2.45, 2.75) is 76.8 Å². The number of piperidine rings is 1. The Balaban J connectivity index is 1.82. The molecule has 0 radical (unpaired) electrons. The van der Waals surface area contributed by atoms with E-state index in [0.29, 0.717) is 5.54 Å². The van der Waals surface area contributed by atoms with Gasteiger partial charge in [-0.05, 0) is 58.5 Å². The van der Waals surface area contributed by atoms with Crippen LogP contribution >= 0.6 is 0 Å². The lowest BCUT2D eigenvalue weighted by atomic mass is 9.79. The predicted molar refractivity (Wildman–Crippen MR) is 78.9 cm³/mol. The van der Waals surface area contributed by atoms with Crippen LogP contribution in [-0.2, 0) is 0 Å². The summed E-state index contributed by atoms with van der Waals surface area (Å²) in [5.74, 6) is 0.934. The lowest BCUT2D eigenvalue weighted by molar-refractivity contribution is 0.106. The zero-order valence-electron chi connectivity index (χ0n) is 12.7. The first-order valence-electron chi connectivity index (χ1n) is 8.08. The second kappa shape index (κ2) is 6.38. The van der Waals surface area contributed by atoms with E-state index in [4.69, 9.17) is 0 Å². The van der Waals surface area contributed by atoms with Crippen molar-refractivity contribution in [1.29, 1.82) is 0 Å². The third-order valence-corrected chi connectivity index (χ3v) is 5.49. The molecule has 2 aliphatic rings. The van der Waals surface area contributed by atoms with Crippen LogP contribution in [0.5, 0.6) is 0 Å². The molecule has 2 heteroatoms. The first kappa shape index (κ1) is 14.3. The fraction of sp³-hybridized carbons (Fsp3) is 1.00. The number of likely N-dealkylation sites (tertiary alicyclic amines) is 1. The molecule has 0 aromatic rings. The number of nitrogens with zero attached hydrogens (tertiary/aromatic N) is 1. The van der Waals surface area contributed by atoms with E-state index in [0.717, 1.165) is 12.0 Å². The maximum atomic E-state index is 3.65. The summed E-state index contributed by atoms with van der Waals surface area (Å²) in [6, 6.07) is 0.797. The molecule has 1 saturated carbocycles. The van der Waals surface area contributed by atoms with E-state index in [1.54, 1.807) is 0 Å². The van der Waals surface area contributed by atoms with Gasteiger partial charge in [-0.25, -0.2) is 0 Å². The molecule has 18 heavy (non-hydrogen) atoms. The van der Waals surface area contributed by atoms with Crippen LogP contribution in [0.25, 0.3) is 0 Å². The molecule has 0 aromatic heterocycles. The van der Waals surface area contributed by atoms with Crippen LogP contribution in [0, 0.1) is 5.92 Å². The normalized spacial score (nSPS) is 33.5. The average Bonchev–Trinajstić information content (AvgIpc) is 2.39. The summed E-state index contributed by atoms with van der Waals surface area (Å²) in [5, 5.41) is 3.65. The highest BCUT2D eigenvalue weighted by atomic mass is 15.2. The Morgan fingerprint density at radius 3 is 2.50 bits per heavy atom. The predicted octanol–water partition coefficient (Wildman–Crippen LogP) is 3.42. The van der Waals surface area contributed by atoms with Gasteiger partial charge in [0.1, 0.15) is 0 Å². The van der Waals surface area contributed by atoms with Gasteiger partial charge in [-0.3, -0.25) is 0 Å². The van der Waals surface area contributed by atoms with Gasteiger partial charge in [0.05, 0.1) is 0 Å². The topological polar surface area (TPSA) is 15.3 Å². The first-order chi connectivity index (χ1) is 8.65. The van der Waals surface area contributed by atoms with Crippen molar-refractivity contribution in [2.75, 3.05) is 20.1 Å². The van der Waals surface area contributed by atoms with E-state index in [9.17, 15) is 0 Å². The summed E-state index contributed by atoms with van der Waals surface area (Å²) in [6.45, 7) is 7.45. The quantitative estimate of drug-likeness (QED) is 0.825. The summed E-state index contributed by atoms with van der Waals surface area (Å²) < 4.78 is 0. The van der Waals surface area contributed by atoms with E-state index >= 15 is 0 Å². The van der Waals surface area contributed by atoms with Gasteiger partial charge in [0.15, 0.2) is 0 Å². The van der Waals surface area contributed by atoms with Gasteiger partial charge in [-0.2, -0.15) is 0 Å². The zero-order valence-corrected chi connectivity index (χ0v) is 12.7. The van der Waals surface area contributed by atoms with Crippen molar-refractivity contribution in [2.24, 2.45) is 5.92 Å². The SMILES string of the molecule is CNC1(CCN2CCC(C)CC2C)CCCCC1. The molecule has 2 fully saturated rings. The number of nitrogens with one attached hydrogen (secondary N) is 1. The molecule has 2 nitrogen and oxygen atoms in total. The molecule has 0 bridgehead atoms. The average molecular weight is 252 g/mol. The summed E-state index contributed by atoms with van der Waals surface area (Å²) in [7, 11) is 2.17. The van der Waals surface area contributed by atoms with Gasteiger partial charge in [0.2, 0.25) is 0 Å². The molecule has 2 atom stereocenters. The molecule has 106 valence electrons. The zero-order chi connectivity index (χ0) is 13.0. The molecular weight excluding hydrogens is 220 g/mol. The summed E-state index contributed by atoms with van der Waals surface area (Å²) in [6.07, 6.45) is 11.2. The maximum Gasteiger partial charge on any atom is 0.0190 e. The van der Waals surface area contributed by atoms with Crippen LogP contribution in [0.15, 0.2) is 0 Å². The lowest BCUT2D eigenvalue weighted by Gasteiger charge is -2.42. The van der Waals surface area contributed by atoms with Crippen LogP contribution in [0.3, 0.4) is 0 Å². The molecule has 1 heterocycles. The monoisotopic (exact) mass is 252 g/mol. The third-order valence-electron chi connectivity index (χ3n) is 5.49. The Morgan fingerprint density at radius 2 is 1.89 bits per heavy atom. The molecule has 0 amide bonds. The first-order valence-corrected chi connectivity index (χ1v) is 8.08. The van der Waals surface area contributed by atoms with Gasteiger partial charge in [-0.1, -0.05) is 26.2 Å². The summed E-state index contributed by atoms with van der Waals surface area (Å²) >= 11 is 0. The molecule has 0 spiro atoms. The molecule has 1 aliphatic carbocycles. The molecule has 0 aromatic carbocycles. The van der Waals surface area contributed by atoms with E-state index in [-0.39, 0.29) is 0 Å². The Morgan fingerprint density at radius 1 is 1.17 bits per heavy atom. The largest absolute Gasteiger partial charge is 0.314 e. The highest BCUT2D eigenvalue weighted by molar-refractivity contribution is 4.91. The summed E-state index contributed by atoms with van der Waals surface area (Å²) in [4.78, 5) is 2.73. The lowest BCUT2D eigenvalue weighted by Crippen LogP contribution is -2.49. The van der Waals surface area contributed by atoms with Crippen molar-refractivity contribution < 1.29 is 0 Å². The fourth-order valence-corrected chi connectivity index (χ4v) is 4.00. The molecule has 1 aliphatic heterocycles. The van der Waals surface area contributed by atoms with Gasteiger partial charge in [0, 0.05) is 18.1 Å². The molecule has 2 rings (SSSR count). The van der Waals surface area contributed by atoms with Crippen LogP contribution in [0.2, 0.25) is 0 Å². The third kappa shape index (κ3) is 3.48. The van der Waals surface area contributed by atoms with Crippen molar-refractivity contribution >= 4 is 0 Å². The van der Waals surface area contributed by atoms with Crippen LogP contribution in [-0.4, -0.2) is 36.6 Å². The van der Waals surface area contributed by atoms with Crippen LogP contribution in [0.4, 0.5) is 0 Å². The second-order valence-electron chi connectivity index (χ2n) is 6.86. The highest BCUT2D eigenvalue weighted by Crippen LogP contribution is 2.32. The van der Waals surface area contributed by atoms with Gasteiger partial charge < -0.3 is 10.2 Å². The maximum absolute atomic E-state index is 3.65. The minimum absolute atomic E-state index is 0.459. The minimum atomic E-state index is 0.459. The molecule has 2 unspecified atom stereocenters. The Labute approximate surface area is 114 Å². The van der Waals surface area contributed by atoms with Gasteiger partial charge in [-0.15, -0.1) is 0 Å². The second-order valence-corrected chi connectivity index (χ2v) is 6.86. The van der Waals surface area contributed by atoms with E-state index in [1.165, 1.54) is 64.5 Å². The Kier molecular flexibility index (Phi) is 5.08. The van der Waals surface area contributed by atoms with Gasteiger partial charge in [0.25, 0.3) is 0 Å². The van der Waals surface area contributed by atoms with Crippen LogP contribution in [0.1, 0.15) is 65.2 Å². The Bertz CT molecular complexity index is 245. The standard InChI is InChI=1S/C16H32N2/c1-14-7-11-18(15(2)13-14)12-10-16(17-3)8-5-4-6-9-16/h14-15,17H,4-13H2,1-3H3. The van der Waals surface area contributed by atoms with Crippen molar-refractivity contribution in [3.8, 4) is 0 Å². The molecular formula is C16H32N2. The van der Waals surface area contributed by atoms with Gasteiger partial charge >= 0.3 is 0 Å². The van der Waals surface area contributed by atoms with Crippen molar-refractivity contribution in [1.82, 2.24) is 10.2 Å². The van der Waals surface area contributed by atoms with Crippen LogP contribution < -0.4 is 5.32 Å². The van der Waals surface area contributed by atoms with Crippen molar-refractivity contribution in [3.05, 3.63) is 0 Å². The number of hydrogen-bond donors (Lipinski definition) is 1. The highest BCUT2D eigenvalue weighted by Gasteiger charge is 2.31. The van der Waals surface area contributed by atoms with E-state index < -0.39 is 0 Å². The molecule has 1 N–H and O–H groups in total.